The number of nitrogens with two attached hydrogens (primary N) is 1. The Balaban J connectivity index is 1.85. The van der Waals surface area contributed by atoms with Gasteiger partial charge in [-0.25, -0.2) is 0 Å². The molecule has 0 bridgehead atoms. The van der Waals surface area contributed by atoms with Crippen molar-refractivity contribution in [2.45, 2.75) is 32.2 Å². The lowest BCUT2D eigenvalue weighted by Gasteiger charge is -2.38. The summed E-state index contributed by atoms with van der Waals surface area (Å²) in [4.78, 5) is 14.2. The van der Waals surface area contributed by atoms with Gasteiger partial charge in [0.05, 0.1) is 18.6 Å². The van der Waals surface area contributed by atoms with Crippen molar-refractivity contribution < 1.29 is 9.53 Å². The summed E-state index contributed by atoms with van der Waals surface area (Å²) in [6.07, 6.45) is 2.99. The van der Waals surface area contributed by atoms with E-state index < -0.39 is 0 Å². The first-order valence-electron chi connectivity index (χ1n) is 7.76. The van der Waals surface area contributed by atoms with Crippen molar-refractivity contribution in [3.63, 3.8) is 0 Å². The smallest absolute Gasteiger partial charge is 0.225 e. The molecule has 3 rings (SSSR count). The van der Waals surface area contributed by atoms with Crippen LogP contribution in [-0.4, -0.2) is 31.6 Å². The van der Waals surface area contributed by atoms with Crippen LogP contribution in [0.5, 0.6) is 5.75 Å². The Bertz CT molecular complexity index is 532. The molecule has 2 heterocycles. The Hall–Kier alpha value is -1.91. The van der Waals surface area contributed by atoms with Gasteiger partial charge in [-0.15, -0.1) is 0 Å². The molecule has 2 aliphatic rings. The zero-order valence-electron chi connectivity index (χ0n) is 12.5. The van der Waals surface area contributed by atoms with Crippen molar-refractivity contribution in [3.8, 4) is 5.75 Å². The molecule has 5 heteroatoms. The monoisotopic (exact) mass is 289 g/mol. The van der Waals surface area contributed by atoms with Crippen LogP contribution in [0.3, 0.4) is 0 Å². The summed E-state index contributed by atoms with van der Waals surface area (Å²) in [5, 5.41) is 2.98. The number of rotatable bonds is 4. The Morgan fingerprint density at radius 2 is 2.29 bits per heavy atom. The van der Waals surface area contributed by atoms with Crippen molar-refractivity contribution in [2.24, 2.45) is 5.92 Å². The number of hydrogen-bond acceptors (Lipinski definition) is 4. The molecular formula is C16H23N3O2. The molecule has 2 fully saturated rings. The molecule has 0 spiro atoms. The molecule has 21 heavy (non-hydrogen) atoms. The molecule has 2 aliphatic heterocycles. The number of ether oxygens (including phenoxy) is 1. The van der Waals surface area contributed by atoms with Crippen LogP contribution in [0.4, 0.5) is 11.4 Å². The molecule has 2 saturated heterocycles. The third-order valence-electron chi connectivity index (χ3n) is 4.32. The fraction of sp³-hybridized carbons (Fsp3) is 0.562. The third-order valence-corrected chi connectivity index (χ3v) is 4.32. The maximum Gasteiger partial charge on any atom is 0.225 e. The number of anilines is 2. The summed E-state index contributed by atoms with van der Waals surface area (Å²) in [6.45, 7) is 4.46. The molecule has 1 amide bonds. The molecule has 2 unspecified atom stereocenters. The van der Waals surface area contributed by atoms with E-state index in [1.54, 1.807) is 0 Å². The molecule has 114 valence electrons. The van der Waals surface area contributed by atoms with Gasteiger partial charge in [-0.3, -0.25) is 4.79 Å². The quantitative estimate of drug-likeness (QED) is 0.829. The normalized spacial score (nSPS) is 24.6. The first-order valence-corrected chi connectivity index (χ1v) is 7.76. The van der Waals surface area contributed by atoms with Crippen molar-refractivity contribution >= 4 is 17.3 Å². The van der Waals surface area contributed by atoms with E-state index in [0.717, 1.165) is 43.8 Å². The number of fused-ring (bicyclic) bond motifs is 1. The van der Waals surface area contributed by atoms with Crippen LogP contribution in [0.2, 0.25) is 0 Å². The number of amides is 1. The Kier molecular flexibility index (Phi) is 3.90. The first kappa shape index (κ1) is 14.0. The number of carbonyl (C=O) groups is 1. The highest BCUT2D eigenvalue weighted by Gasteiger charge is 2.40. The number of nitrogens with one attached hydrogen (secondary N) is 1. The Morgan fingerprint density at radius 3 is 3.10 bits per heavy atom. The van der Waals surface area contributed by atoms with Gasteiger partial charge in [0, 0.05) is 36.6 Å². The van der Waals surface area contributed by atoms with Crippen LogP contribution < -0.4 is 20.7 Å². The minimum Gasteiger partial charge on any atom is -0.493 e. The zero-order valence-corrected chi connectivity index (χ0v) is 12.5. The van der Waals surface area contributed by atoms with E-state index in [4.69, 9.17) is 10.5 Å². The van der Waals surface area contributed by atoms with Gasteiger partial charge < -0.3 is 20.7 Å². The van der Waals surface area contributed by atoms with Gasteiger partial charge in [-0.05, 0) is 25.3 Å². The molecule has 0 saturated carbocycles. The van der Waals surface area contributed by atoms with Gasteiger partial charge in [0.1, 0.15) is 5.75 Å². The van der Waals surface area contributed by atoms with Crippen LogP contribution >= 0.6 is 0 Å². The first-order chi connectivity index (χ1) is 10.2. The lowest BCUT2D eigenvalue weighted by atomic mass is 9.91. The van der Waals surface area contributed by atoms with E-state index in [1.165, 1.54) is 0 Å². The minimum atomic E-state index is 0.111. The molecule has 0 aliphatic carbocycles. The lowest BCUT2D eigenvalue weighted by molar-refractivity contribution is -0.122. The van der Waals surface area contributed by atoms with E-state index >= 15 is 0 Å². The van der Waals surface area contributed by atoms with Crippen molar-refractivity contribution in [3.05, 3.63) is 18.2 Å². The maximum absolute atomic E-state index is 11.9. The molecule has 0 aromatic heterocycles. The maximum atomic E-state index is 11.9. The lowest BCUT2D eigenvalue weighted by Crippen LogP contribution is -2.45. The van der Waals surface area contributed by atoms with Crippen LogP contribution in [0, 0.1) is 5.92 Å². The van der Waals surface area contributed by atoms with Crippen molar-refractivity contribution in [2.75, 3.05) is 30.3 Å². The van der Waals surface area contributed by atoms with Gasteiger partial charge in [0.2, 0.25) is 5.91 Å². The Morgan fingerprint density at radius 1 is 1.43 bits per heavy atom. The molecule has 1 aromatic rings. The minimum absolute atomic E-state index is 0.111. The van der Waals surface area contributed by atoms with Crippen LogP contribution in [0.25, 0.3) is 0 Å². The second kappa shape index (κ2) is 5.84. The summed E-state index contributed by atoms with van der Waals surface area (Å²) in [5.41, 5.74) is 7.78. The van der Waals surface area contributed by atoms with Gasteiger partial charge in [0.25, 0.3) is 0 Å². The van der Waals surface area contributed by atoms with E-state index in [2.05, 4.69) is 17.1 Å². The zero-order chi connectivity index (χ0) is 14.8. The number of carbonyl (C=O) groups excluding carboxylic acids is 1. The van der Waals surface area contributed by atoms with Crippen molar-refractivity contribution in [1.82, 2.24) is 5.32 Å². The molecule has 3 N–H and O–H groups in total. The summed E-state index contributed by atoms with van der Waals surface area (Å²) in [6, 6.07) is 6.12. The predicted octanol–water partition coefficient (Wildman–Crippen LogP) is 1.77. The van der Waals surface area contributed by atoms with Gasteiger partial charge >= 0.3 is 0 Å². The molecule has 2 atom stereocenters. The molecule has 5 nitrogen and oxygen atoms in total. The van der Waals surface area contributed by atoms with Crippen LogP contribution in [0.1, 0.15) is 26.2 Å². The number of benzene rings is 1. The summed E-state index contributed by atoms with van der Waals surface area (Å²) < 4.78 is 5.71. The SMILES string of the molecule is CCCOc1cc(N)cc(N2CCCC3C(=O)NCC32)c1. The molecular weight excluding hydrogens is 266 g/mol. The number of nitrogens with zero attached hydrogens (tertiary/aromatic N) is 1. The van der Waals surface area contributed by atoms with Crippen molar-refractivity contribution in [1.29, 1.82) is 0 Å². The third kappa shape index (κ3) is 2.77. The summed E-state index contributed by atoms with van der Waals surface area (Å²) in [5.74, 6) is 1.11. The van der Waals surface area contributed by atoms with E-state index in [1.807, 2.05) is 18.2 Å². The largest absolute Gasteiger partial charge is 0.493 e. The van der Waals surface area contributed by atoms with Gasteiger partial charge in [-0.1, -0.05) is 6.92 Å². The average molecular weight is 289 g/mol. The summed E-state index contributed by atoms with van der Waals surface area (Å²) >= 11 is 0. The number of hydrogen-bond donors (Lipinski definition) is 2. The molecule has 1 aromatic carbocycles. The van der Waals surface area contributed by atoms with Crippen LogP contribution in [-0.2, 0) is 4.79 Å². The molecule has 0 radical (unpaired) electrons. The Labute approximate surface area is 125 Å². The highest BCUT2D eigenvalue weighted by Crippen LogP contribution is 2.34. The fourth-order valence-electron chi connectivity index (χ4n) is 3.35. The van der Waals surface area contributed by atoms with Gasteiger partial charge in [-0.2, -0.15) is 0 Å². The second-order valence-corrected chi connectivity index (χ2v) is 5.86. The van der Waals surface area contributed by atoms with Gasteiger partial charge in [0.15, 0.2) is 0 Å². The number of nitrogen functional groups attached to an aromatic ring is 1. The fourth-order valence-corrected chi connectivity index (χ4v) is 3.35. The second-order valence-electron chi connectivity index (χ2n) is 5.86. The standard InChI is InChI=1S/C16H23N3O2/c1-2-6-21-13-8-11(17)7-12(9-13)19-5-3-4-14-15(19)10-18-16(14)20/h7-9,14-15H,2-6,10,17H2,1H3,(H,18,20). The highest BCUT2D eigenvalue weighted by molar-refractivity contribution is 5.83. The number of piperidine rings is 1. The predicted molar refractivity (Wildman–Crippen MR) is 83.5 cm³/mol. The van der Waals surface area contributed by atoms with E-state index in [9.17, 15) is 4.79 Å². The van der Waals surface area contributed by atoms with E-state index in [-0.39, 0.29) is 17.9 Å². The van der Waals surface area contributed by atoms with E-state index in [0.29, 0.717) is 12.3 Å². The van der Waals surface area contributed by atoms with Crippen LogP contribution in [0.15, 0.2) is 18.2 Å². The highest BCUT2D eigenvalue weighted by atomic mass is 16.5. The average Bonchev–Trinajstić information content (AvgIpc) is 2.86. The summed E-state index contributed by atoms with van der Waals surface area (Å²) in [7, 11) is 0. The topological polar surface area (TPSA) is 67.6 Å².